The highest BCUT2D eigenvalue weighted by atomic mass is 19.1. The summed E-state index contributed by atoms with van der Waals surface area (Å²) in [7, 11) is 0. The standard InChI is InChI=1S/C12H16FNO/c1-8-6-12(10(13)7-11(8)14)15-5-4-9-2-3-9/h6-7,9H,2-5,14H2,1H3. The van der Waals surface area contributed by atoms with Gasteiger partial charge in [0.2, 0.25) is 0 Å². The molecule has 2 nitrogen and oxygen atoms in total. The second-order valence-corrected chi connectivity index (χ2v) is 4.22. The summed E-state index contributed by atoms with van der Waals surface area (Å²) in [5.74, 6) is 0.763. The number of aryl methyl sites for hydroxylation is 1. The Balaban J connectivity index is 1.96. The predicted molar refractivity (Wildman–Crippen MR) is 58.4 cm³/mol. The van der Waals surface area contributed by atoms with E-state index in [0.717, 1.165) is 17.9 Å². The van der Waals surface area contributed by atoms with Gasteiger partial charge in [-0.05, 0) is 30.9 Å². The lowest BCUT2D eigenvalue weighted by atomic mass is 10.2. The van der Waals surface area contributed by atoms with Crippen LogP contribution in [0.5, 0.6) is 5.75 Å². The van der Waals surface area contributed by atoms with Crippen LogP contribution in [0.2, 0.25) is 0 Å². The zero-order valence-corrected chi connectivity index (χ0v) is 8.92. The van der Waals surface area contributed by atoms with Crippen LogP contribution in [-0.4, -0.2) is 6.61 Å². The van der Waals surface area contributed by atoms with Crippen molar-refractivity contribution in [3.63, 3.8) is 0 Å². The number of hydrogen-bond donors (Lipinski definition) is 1. The zero-order valence-electron chi connectivity index (χ0n) is 8.92. The molecule has 0 heterocycles. The zero-order chi connectivity index (χ0) is 10.8. The monoisotopic (exact) mass is 209 g/mol. The molecule has 0 saturated heterocycles. The Morgan fingerprint density at radius 3 is 2.87 bits per heavy atom. The van der Waals surface area contributed by atoms with E-state index in [-0.39, 0.29) is 5.82 Å². The van der Waals surface area contributed by atoms with E-state index >= 15 is 0 Å². The molecule has 0 unspecified atom stereocenters. The highest BCUT2D eigenvalue weighted by Gasteiger charge is 2.21. The van der Waals surface area contributed by atoms with Gasteiger partial charge in [0.25, 0.3) is 0 Å². The Morgan fingerprint density at radius 2 is 2.20 bits per heavy atom. The second-order valence-electron chi connectivity index (χ2n) is 4.22. The minimum absolute atomic E-state index is 0.322. The van der Waals surface area contributed by atoms with Gasteiger partial charge in [0.05, 0.1) is 6.61 Å². The summed E-state index contributed by atoms with van der Waals surface area (Å²) in [6.45, 7) is 2.45. The molecule has 1 saturated carbocycles. The van der Waals surface area contributed by atoms with Gasteiger partial charge in [0.1, 0.15) is 0 Å². The maximum absolute atomic E-state index is 13.4. The van der Waals surface area contributed by atoms with Gasteiger partial charge in [-0.15, -0.1) is 0 Å². The van der Waals surface area contributed by atoms with Gasteiger partial charge in [0, 0.05) is 11.8 Å². The number of anilines is 1. The first-order valence-electron chi connectivity index (χ1n) is 5.35. The molecule has 0 aliphatic heterocycles. The number of nitrogens with two attached hydrogens (primary N) is 1. The van der Waals surface area contributed by atoms with Crippen molar-refractivity contribution in [3.05, 3.63) is 23.5 Å². The summed E-state index contributed by atoms with van der Waals surface area (Å²) in [5, 5.41) is 0. The molecule has 1 aromatic carbocycles. The van der Waals surface area contributed by atoms with E-state index in [4.69, 9.17) is 10.5 Å². The molecule has 0 atom stereocenters. The molecule has 2 N–H and O–H groups in total. The lowest BCUT2D eigenvalue weighted by Gasteiger charge is -2.09. The van der Waals surface area contributed by atoms with E-state index in [1.807, 2.05) is 6.92 Å². The summed E-state index contributed by atoms with van der Waals surface area (Å²) in [4.78, 5) is 0. The van der Waals surface area contributed by atoms with E-state index in [1.165, 1.54) is 18.9 Å². The fourth-order valence-electron chi connectivity index (χ4n) is 1.52. The van der Waals surface area contributed by atoms with Gasteiger partial charge < -0.3 is 10.5 Å². The number of benzene rings is 1. The van der Waals surface area contributed by atoms with Crippen LogP contribution >= 0.6 is 0 Å². The van der Waals surface area contributed by atoms with Gasteiger partial charge >= 0.3 is 0 Å². The third-order valence-electron chi connectivity index (χ3n) is 2.80. The topological polar surface area (TPSA) is 35.2 Å². The third-order valence-corrected chi connectivity index (χ3v) is 2.80. The molecule has 1 aliphatic carbocycles. The van der Waals surface area contributed by atoms with Crippen LogP contribution in [-0.2, 0) is 0 Å². The first-order valence-corrected chi connectivity index (χ1v) is 5.35. The van der Waals surface area contributed by atoms with Crippen LogP contribution in [0, 0.1) is 18.7 Å². The normalized spacial score (nSPS) is 15.3. The van der Waals surface area contributed by atoms with E-state index in [9.17, 15) is 4.39 Å². The van der Waals surface area contributed by atoms with Crippen LogP contribution in [0.4, 0.5) is 10.1 Å². The molecular weight excluding hydrogens is 193 g/mol. The molecule has 1 aliphatic rings. The summed E-state index contributed by atoms with van der Waals surface area (Å²) in [6.07, 6.45) is 3.63. The van der Waals surface area contributed by atoms with E-state index in [2.05, 4.69) is 0 Å². The van der Waals surface area contributed by atoms with Crippen LogP contribution in [0.15, 0.2) is 12.1 Å². The second kappa shape index (κ2) is 4.09. The Morgan fingerprint density at radius 1 is 1.47 bits per heavy atom. The maximum atomic E-state index is 13.4. The molecule has 0 aromatic heterocycles. The van der Waals surface area contributed by atoms with Crippen molar-refractivity contribution in [3.8, 4) is 5.75 Å². The number of hydrogen-bond acceptors (Lipinski definition) is 2. The van der Waals surface area contributed by atoms with Crippen molar-refractivity contribution in [1.29, 1.82) is 0 Å². The van der Waals surface area contributed by atoms with Crippen molar-refractivity contribution in [2.45, 2.75) is 26.2 Å². The SMILES string of the molecule is Cc1cc(OCCC2CC2)c(F)cc1N. The molecular formula is C12H16FNO. The fraction of sp³-hybridized carbons (Fsp3) is 0.500. The van der Waals surface area contributed by atoms with Crippen LogP contribution < -0.4 is 10.5 Å². The molecule has 0 bridgehead atoms. The highest BCUT2D eigenvalue weighted by molar-refractivity contribution is 5.50. The molecule has 0 amide bonds. The number of halogens is 1. The third kappa shape index (κ3) is 2.61. The molecule has 1 aromatic rings. The van der Waals surface area contributed by atoms with E-state index in [0.29, 0.717) is 18.0 Å². The molecule has 0 radical (unpaired) electrons. The van der Waals surface area contributed by atoms with Crippen molar-refractivity contribution >= 4 is 5.69 Å². The molecule has 1 fully saturated rings. The smallest absolute Gasteiger partial charge is 0.167 e. The average Bonchev–Trinajstić information content (AvgIpc) is 2.97. The summed E-state index contributed by atoms with van der Waals surface area (Å²) < 4.78 is 18.8. The Hall–Kier alpha value is -1.25. The minimum atomic E-state index is -0.367. The van der Waals surface area contributed by atoms with Gasteiger partial charge in [-0.1, -0.05) is 12.8 Å². The number of rotatable bonds is 4. The Bertz CT molecular complexity index is 361. The first-order chi connectivity index (χ1) is 7.16. The maximum Gasteiger partial charge on any atom is 0.167 e. The largest absolute Gasteiger partial charge is 0.490 e. The van der Waals surface area contributed by atoms with Crippen molar-refractivity contribution in [2.75, 3.05) is 12.3 Å². The van der Waals surface area contributed by atoms with Crippen molar-refractivity contribution < 1.29 is 9.13 Å². The Labute approximate surface area is 89.2 Å². The minimum Gasteiger partial charge on any atom is -0.490 e. The summed E-state index contributed by atoms with van der Waals surface area (Å²) in [6, 6.07) is 2.99. The Kier molecular flexibility index (Phi) is 2.80. The lowest BCUT2D eigenvalue weighted by molar-refractivity contribution is 0.288. The lowest BCUT2D eigenvalue weighted by Crippen LogP contribution is -2.01. The summed E-state index contributed by atoms with van der Waals surface area (Å²) in [5.41, 5.74) is 6.91. The number of ether oxygens (including phenoxy) is 1. The van der Waals surface area contributed by atoms with E-state index < -0.39 is 0 Å². The molecule has 0 spiro atoms. The predicted octanol–water partition coefficient (Wildman–Crippen LogP) is 2.90. The van der Waals surface area contributed by atoms with E-state index in [1.54, 1.807) is 6.07 Å². The van der Waals surface area contributed by atoms with Crippen LogP contribution in [0.1, 0.15) is 24.8 Å². The fourth-order valence-corrected chi connectivity index (χ4v) is 1.52. The first kappa shape index (κ1) is 10.3. The molecule has 82 valence electrons. The van der Waals surface area contributed by atoms with Gasteiger partial charge in [-0.3, -0.25) is 0 Å². The average molecular weight is 209 g/mol. The van der Waals surface area contributed by atoms with Crippen LogP contribution in [0.25, 0.3) is 0 Å². The number of nitrogen functional groups attached to an aromatic ring is 1. The van der Waals surface area contributed by atoms with Crippen molar-refractivity contribution in [2.24, 2.45) is 5.92 Å². The van der Waals surface area contributed by atoms with Gasteiger partial charge in [0.15, 0.2) is 11.6 Å². The quantitative estimate of drug-likeness (QED) is 0.774. The highest BCUT2D eigenvalue weighted by Crippen LogP contribution is 2.32. The molecule has 3 heteroatoms. The molecule has 15 heavy (non-hydrogen) atoms. The van der Waals surface area contributed by atoms with Gasteiger partial charge in [-0.2, -0.15) is 0 Å². The van der Waals surface area contributed by atoms with Crippen LogP contribution in [0.3, 0.4) is 0 Å². The van der Waals surface area contributed by atoms with Gasteiger partial charge in [-0.25, -0.2) is 4.39 Å². The van der Waals surface area contributed by atoms with Crippen molar-refractivity contribution in [1.82, 2.24) is 0 Å². The summed E-state index contributed by atoms with van der Waals surface area (Å²) >= 11 is 0. The molecule has 2 rings (SSSR count).